The van der Waals surface area contributed by atoms with Crippen LogP contribution in [-0.2, 0) is 10.0 Å². The lowest BCUT2D eigenvalue weighted by Gasteiger charge is -2.08. The maximum atomic E-state index is 12.2. The van der Waals surface area contributed by atoms with Crippen LogP contribution in [0.15, 0.2) is 40.0 Å². The molecule has 11 heteroatoms. The van der Waals surface area contributed by atoms with Crippen LogP contribution in [0.2, 0.25) is 0 Å². The molecule has 0 amide bonds. The summed E-state index contributed by atoms with van der Waals surface area (Å²) in [5.74, 6) is -0.189. The lowest BCUT2D eigenvalue weighted by Crippen LogP contribution is -2.18. The molecule has 2 rings (SSSR count). The number of anilines is 2. The fourth-order valence-electron chi connectivity index (χ4n) is 1.55. The van der Waals surface area contributed by atoms with Crippen molar-refractivity contribution < 1.29 is 13.3 Å². The molecular weight excluding hydrogens is 302 g/mol. The highest BCUT2D eigenvalue weighted by molar-refractivity contribution is 7.92. The monoisotopic (exact) mass is 311 g/mol. The van der Waals surface area contributed by atoms with Gasteiger partial charge in [-0.05, 0) is 18.2 Å². The van der Waals surface area contributed by atoms with Crippen LogP contribution in [0.25, 0.3) is 0 Å². The molecule has 10 nitrogen and oxygen atoms in total. The van der Waals surface area contributed by atoms with Crippen molar-refractivity contribution in [2.24, 2.45) is 0 Å². The molecule has 0 radical (unpaired) electrons. The fraction of sp³-hybridized carbons (Fsp3) is 0. The molecule has 0 unspecified atom stereocenters. The van der Waals surface area contributed by atoms with Crippen molar-refractivity contribution in [3.63, 3.8) is 0 Å². The molecule has 0 aliphatic rings. The van der Waals surface area contributed by atoms with Gasteiger partial charge >= 0.3 is 5.69 Å². The quantitative estimate of drug-likeness (QED) is 0.408. The van der Waals surface area contributed by atoms with Crippen molar-refractivity contribution in [3.05, 3.63) is 50.8 Å². The predicted molar refractivity (Wildman–Crippen MR) is 73.2 cm³/mol. The van der Waals surface area contributed by atoms with Gasteiger partial charge in [-0.3, -0.25) is 19.6 Å². The Bertz CT molecular complexity index is 840. The van der Waals surface area contributed by atoms with E-state index in [0.29, 0.717) is 0 Å². The van der Waals surface area contributed by atoms with Gasteiger partial charge in [-0.25, -0.2) is 13.5 Å². The Morgan fingerprint density at radius 1 is 1.29 bits per heavy atom. The van der Waals surface area contributed by atoms with Gasteiger partial charge in [0.05, 0.1) is 4.92 Å². The number of rotatable bonds is 4. The first-order valence-corrected chi connectivity index (χ1v) is 6.91. The molecule has 0 fully saturated rings. The second-order valence-corrected chi connectivity index (χ2v) is 5.51. The zero-order valence-corrected chi connectivity index (χ0v) is 11.1. The molecule has 1 aromatic carbocycles. The van der Waals surface area contributed by atoms with E-state index < -0.39 is 31.1 Å². The molecule has 0 spiro atoms. The maximum Gasteiger partial charge on any atom is 0.312 e. The number of hydrogen-bond acceptors (Lipinski definition) is 7. The standard InChI is InChI=1S/C10H9N5O5S/c11-6-2-1-3-7(10(6)15(17)18)21(19,20)14-8-4-5-9(16)13-12-8/h1-5H,11H2,(H,12,14)(H,13,16). The Morgan fingerprint density at radius 3 is 2.57 bits per heavy atom. The van der Waals surface area contributed by atoms with Crippen LogP contribution >= 0.6 is 0 Å². The highest BCUT2D eigenvalue weighted by atomic mass is 32.2. The Balaban J connectivity index is 2.50. The number of nitro benzene ring substituents is 1. The summed E-state index contributed by atoms with van der Waals surface area (Å²) in [6, 6.07) is 5.71. The molecule has 0 bridgehead atoms. The van der Waals surface area contributed by atoms with Crippen LogP contribution in [0.4, 0.5) is 17.2 Å². The lowest BCUT2D eigenvalue weighted by atomic mass is 10.3. The third-order valence-electron chi connectivity index (χ3n) is 2.42. The van der Waals surface area contributed by atoms with Gasteiger partial charge in [0.2, 0.25) is 0 Å². The van der Waals surface area contributed by atoms with Gasteiger partial charge in [-0.15, -0.1) is 0 Å². The molecule has 21 heavy (non-hydrogen) atoms. The molecular formula is C10H9N5O5S. The van der Waals surface area contributed by atoms with Crippen LogP contribution in [0, 0.1) is 10.1 Å². The van der Waals surface area contributed by atoms with Gasteiger partial charge in [-0.2, -0.15) is 5.10 Å². The SMILES string of the molecule is Nc1cccc(S(=O)(=O)Nc2ccc(=O)[nH]n2)c1[N+](=O)[O-]. The first kappa shape index (κ1) is 14.5. The van der Waals surface area contributed by atoms with Gasteiger partial charge in [0.1, 0.15) is 5.69 Å². The van der Waals surface area contributed by atoms with Crippen molar-refractivity contribution in [2.75, 3.05) is 10.5 Å². The molecule has 0 saturated carbocycles. The molecule has 4 N–H and O–H groups in total. The van der Waals surface area contributed by atoms with Crippen molar-refractivity contribution in [2.45, 2.75) is 4.90 Å². The Morgan fingerprint density at radius 2 is 2.00 bits per heavy atom. The second kappa shape index (κ2) is 5.20. The van der Waals surface area contributed by atoms with Gasteiger partial charge in [0.25, 0.3) is 15.6 Å². The molecule has 0 aliphatic carbocycles. The summed E-state index contributed by atoms with van der Waals surface area (Å²) >= 11 is 0. The molecule has 0 saturated heterocycles. The number of aromatic amines is 1. The van der Waals surface area contributed by atoms with E-state index in [1.54, 1.807) is 0 Å². The number of benzene rings is 1. The third kappa shape index (κ3) is 2.97. The minimum Gasteiger partial charge on any atom is -0.393 e. The predicted octanol–water partition coefficient (Wildman–Crippen LogP) is 0.0611. The summed E-state index contributed by atoms with van der Waals surface area (Å²) in [4.78, 5) is 20.3. The minimum atomic E-state index is -4.28. The number of nitrogen functional groups attached to an aromatic ring is 1. The summed E-state index contributed by atoms with van der Waals surface area (Å²) in [5, 5.41) is 16.4. The summed E-state index contributed by atoms with van der Waals surface area (Å²) < 4.78 is 26.3. The van der Waals surface area contributed by atoms with Crippen molar-refractivity contribution >= 4 is 27.2 Å². The van der Waals surface area contributed by atoms with E-state index in [4.69, 9.17) is 5.73 Å². The highest BCUT2D eigenvalue weighted by Gasteiger charge is 2.28. The number of nitrogens with zero attached hydrogens (tertiary/aromatic N) is 2. The fourth-order valence-corrected chi connectivity index (χ4v) is 2.75. The zero-order valence-electron chi connectivity index (χ0n) is 10.3. The van der Waals surface area contributed by atoms with Crippen molar-refractivity contribution in [3.8, 4) is 0 Å². The van der Waals surface area contributed by atoms with Crippen LogP contribution in [0.5, 0.6) is 0 Å². The molecule has 0 aliphatic heterocycles. The number of H-pyrrole nitrogens is 1. The van der Waals surface area contributed by atoms with Crippen molar-refractivity contribution in [1.82, 2.24) is 10.2 Å². The van der Waals surface area contributed by atoms with E-state index in [-0.39, 0.29) is 11.5 Å². The lowest BCUT2D eigenvalue weighted by molar-refractivity contribution is -0.386. The molecule has 1 heterocycles. The summed E-state index contributed by atoms with van der Waals surface area (Å²) in [5.41, 5.74) is 3.91. The van der Waals surface area contributed by atoms with Crippen LogP contribution in [0.3, 0.4) is 0 Å². The number of aromatic nitrogens is 2. The van der Waals surface area contributed by atoms with Gasteiger partial charge in [-0.1, -0.05) is 6.07 Å². The number of hydrogen-bond donors (Lipinski definition) is 3. The second-order valence-electron chi connectivity index (χ2n) is 3.86. The average molecular weight is 311 g/mol. The van der Waals surface area contributed by atoms with Gasteiger partial charge in [0, 0.05) is 6.07 Å². The largest absolute Gasteiger partial charge is 0.393 e. The van der Waals surface area contributed by atoms with Gasteiger partial charge < -0.3 is 5.73 Å². The zero-order chi connectivity index (χ0) is 15.6. The number of para-hydroxylation sites is 1. The summed E-state index contributed by atoms with van der Waals surface area (Å²) in [7, 11) is -4.28. The van der Waals surface area contributed by atoms with E-state index in [9.17, 15) is 23.3 Å². The summed E-state index contributed by atoms with van der Waals surface area (Å²) in [6.45, 7) is 0. The molecule has 110 valence electrons. The maximum absolute atomic E-state index is 12.2. The van der Waals surface area contributed by atoms with E-state index in [1.807, 2.05) is 9.82 Å². The minimum absolute atomic E-state index is 0.189. The van der Waals surface area contributed by atoms with Gasteiger partial charge in [0.15, 0.2) is 10.7 Å². The van der Waals surface area contributed by atoms with Crippen molar-refractivity contribution in [1.29, 1.82) is 0 Å². The number of nitrogens with two attached hydrogens (primary N) is 1. The molecule has 0 atom stereocenters. The topological polar surface area (TPSA) is 161 Å². The Hall–Kier alpha value is -2.95. The normalized spacial score (nSPS) is 11.0. The van der Waals surface area contributed by atoms with Crippen LogP contribution in [-0.4, -0.2) is 23.5 Å². The molecule has 1 aromatic heterocycles. The van der Waals surface area contributed by atoms with E-state index in [2.05, 4.69) is 5.10 Å². The van der Waals surface area contributed by atoms with E-state index >= 15 is 0 Å². The third-order valence-corrected chi connectivity index (χ3v) is 3.81. The number of sulfonamides is 1. The average Bonchev–Trinajstić information content (AvgIpc) is 2.40. The number of nitrogens with one attached hydrogen (secondary N) is 2. The first-order chi connectivity index (χ1) is 9.81. The van der Waals surface area contributed by atoms with Crippen LogP contribution in [0.1, 0.15) is 0 Å². The van der Waals surface area contributed by atoms with E-state index in [0.717, 1.165) is 18.2 Å². The number of nitro groups is 1. The summed E-state index contributed by atoms with van der Waals surface area (Å²) in [6.07, 6.45) is 0. The first-order valence-electron chi connectivity index (χ1n) is 5.43. The molecule has 2 aromatic rings. The van der Waals surface area contributed by atoms with Crippen LogP contribution < -0.4 is 16.0 Å². The van der Waals surface area contributed by atoms with E-state index in [1.165, 1.54) is 12.1 Å². The smallest absolute Gasteiger partial charge is 0.312 e. The highest BCUT2D eigenvalue weighted by Crippen LogP contribution is 2.30. The Labute approximate surface area is 117 Å². The Kier molecular flexibility index (Phi) is 3.58.